The minimum absolute atomic E-state index is 0.0215. The molecular formula is C24H35N5O3. The van der Waals surface area contributed by atoms with Gasteiger partial charge in [-0.1, -0.05) is 19.9 Å². The van der Waals surface area contributed by atoms with Crippen LogP contribution >= 0.6 is 0 Å². The van der Waals surface area contributed by atoms with Crippen molar-refractivity contribution in [1.29, 1.82) is 0 Å². The van der Waals surface area contributed by atoms with Crippen molar-refractivity contribution < 1.29 is 14.3 Å². The molecule has 1 aliphatic rings. The molecule has 0 radical (unpaired) electrons. The van der Waals surface area contributed by atoms with Gasteiger partial charge < -0.3 is 19.7 Å². The van der Waals surface area contributed by atoms with Gasteiger partial charge in [0, 0.05) is 50.4 Å². The molecule has 1 amide bonds. The highest BCUT2D eigenvalue weighted by atomic mass is 16.5. The maximum atomic E-state index is 12.8. The number of hydrogen-bond donors (Lipinski definition) is 1. The molecule has 0 spiro atoms. The largest absolute Gasteiger partial charge is 0.493 e. The number of piperazine rings is 1. The normalized spacial score (nSPS) is 15.5. The van der Waals surface area contributed by atoms with Crippen LogP contribution in [0.1, 0.15) is 43.8 Å². The van der Waals surface area contributed by atoms with E-state index in [1.807, 2.05) is 38.1 Å². The number of carbonyl (C=O) groups excluding carboxylic acids is 1. The minimum atomic E-state index is -0.198. The highest BCUT2D eigenvalue weighted by molar-refractivity contribution is 5.81. The van der Waals surface area contributed by atoms with Crippen molar-refractivity contribution in [2.24, 2.45) is 0 Å². The zero-order chi connectivity index (χ0) is 23.3. The van der Waals surface area contributed by atoms with E-state index >= 15 is 0 Å². The van der Waals surface area contributed by atoms with E-state index in [4.69, 9.17) is 14.5 Å². The zero-order valence-corrected chi connectivity index (χ0v) is 20.0. The number of ether oxygens (including phenoxy) is 2. The van der Waals surface area contributed by atoms with Gasteiger partial charge in [0.05, 0.1) is 20.3 Å². The predicted octanol–water partition coefficient (Wildman–Crippen LogP) is 2.75. The summed E-state index contributed by atoms with van der Waals surface area (Å²) in [6, 6.07) is 7.51. The molecule has 2 heterocycles. The molecule has 1 fully saturated rings. The van der Waals surface area contributed by atoms with Crippen LogP contribution in [0.3, 0.4) is 0 Å². The van der Waals surface area contributed by atoms with Gasteiger partial charge in [-0.2, -0.15) is 0 Å². The average Bonchev–Trinajstić information content (AvgIpc) is 2.81. The Morgan fingerprint density at radius 2 is 1.72 bits per heavy atom. The van der Waals surface area contributed by atoms with Crippen molar-refractivity contribution in [3.63, 3.8) is 0 Å². The highest BCUT2D eigenvalue weighted by Crippen LogP contribution is 2.27. The smallest absolute Gasteiger partial charge is 0.237 e. The van der Waals surface area contributed by atoms with Crippen molar-refractivity contribution in [1.82, 2.24) is 20.2 Å². The second-order valence-corrected chi connectivity index (χ2v) is 8.49. The van der Waals surface area contributed by atoms with Gasteiger partial charge in [0.15, 0.2) is 11.5 Å². The first kappa shape index (κ1) is 23.8. The molecule has 1 aromatic carbocycles. The Balaban J connectivity index is 1.54. The summed E-state index contributed by atoms with van der Waals surface area (Å²) in [6.07, 6.45) is 0. The number of anilines is 1. The van der Waals surface area contributed by atoms with Crippen LogP contribution in [0.4, 0.5) is 5.82 Å². The predicted molar refractivity (Wildman–Crippen MR) is 125 cm³/mol. The van der Waals surface area contributed by atoms with Gasteiger partial charge in [-0.05, 0) is 31.5 Å². The van der Waals surface area contributed by atoms with Gasteiger partial charge in [-0.25, -0.2) is 9.97 Å². The number of nitrogens with zero attached hydrogens (tertiary/aromatic N) is 4. The van der Waals surface area contributed by atoms with Crippen LogP contribution in [0.5, 0.6) is 11.5 Å². The van der Waals surface area contributed by atoms with Crippen LogP contribution in [0, 0.1) is 6.92 Å². The third-order valence-corrected chi connectivity index (χ3v) is 5.85. The summed E-state index contributed by atoms with van der Waals surface area (Å²) in [5.41, 5.74) is 1.96. The fourth-order valence-electron chi connectivity index (χ4n) is 3.83. The molecule has 0 aliphatic carbocycles. The number of hydrogen-bond acceptors (Lipinski definition) is 7. The van der Waals surface area contributed by atoms with Crippen LogP contribution in [-0.2, 0) is 11.3 Å². The number of rotatable bonds is 8. The number of carbonyl (C=O) groups is 1. The Morgan fingerprint density at radius 3 is 2.34 bits per heavy atom. The van der Waals surface area contributed by atoms with Crippen LogP contribution in [0.2, 0.25) is 0 Å². The second-order valence-electron chi connectivity index (χ2n) is 8.49. The van der Waals surface area contributed by atoms with E-state index in [9.17, 15) is 4.79 Å². The molecule has 174 valence electrons. The Morgan fingerprint density at radius 1 is 1.03 bits per heavy atom. The Hall–Kier alpha value is -2.87. The van der Waals surface area contributed by atoms with E-state index in [2.05, 4.69) is 33.9 Å². The SMILES string of the molecule is COc1ccc(CNC(=O)C(C)N2CCN(c3cc(C)nc(C(C)C)n3)CC2)cc1OC. The third-order valence-electron chi connectivity index (χ3n) is 5.85. The molecule has 1 atom stereocenters. The fourth-order valence-corrected chi connectivity index (χ4v) is 3.83. The van der Waals surface area contributed by atoms with Gasteiger partial charge in [0.2, 0.25) is 5.91 Å². The Kier molecular flexibility index (Phi) is 7.90. The lowest BCUT2D eigenvalue weighted by atomic mass is 10.1. The molecule has 1 N–H and O–H groups in total. The van der Waals surface area contributed by atoms with E-state index in [-0.39, 0.29) is 11.9 Å². The van der Waals surface area contributed by atoms with Crippen molar-refractivity contribution in [3.05, 3.63) is 41.3 Å². The first-order valence-electron chi connectivity index (χ1n) is 11.2. The monoisotopic (exact) mass is 441 g/mol. The molecule has 1 aromatic heterocycles. The Labute approximate surface area is 190 Å². The second kappa shape index (κ2) is 10.6. The fraction of sp³-hybridized carbons (Fsp3) is 0.542. The molecule has 8 heteroatoms. The number of methoxy groups -OCH3 is 2. The molecule has 8 nitrogen and oxygen atoms in total. The van der Waals surface area contributed by atoms with Crippen LogP contribution in [-0.4, -0.2) is 67.2 Å². The summed E-state index contributed by atoms with van der Waals surface area (Å²) in [7, 11) is 3.21. The minimum Gasteiger partial charge on any atom is -0.493 e. The maximum absolute atomic E-state index is 12.8. The summed E-state index contributed by atoms with van der Waals surface area (Å²) < 4.78 is 10.6. The number of aryl methyl sites for hydroxylation is 1. The van der Waals surface area contributed by atoms with Crippen molar-refractivity contribution in [2.45, 2.75) is 46.2 Å². The number of benzene rings is 1. The molecule has 2 aromatic rings. The summed E-state index contributed by atoms with van der Waals surface area (Å²) in [6.45, 7) is 11.9. The first-order valence-corrected chi connectivity index (χ1v) is 11.2. The number of aromatic nitrogens is 2. The molecular weight excluding hydrogens is 406 g/mol. The van der Waals surface area contributed by atoms with Crippen LogP contribution in [0.15, 0.2) is 24.3 Å². The molecule has 32 heavy (non-hydrogen) atoms. The molecule has 0 saturated carbocycles. The van der Waals surface area contributed by atoms with Crippen molar-refractivity contribution in [2.75, 3.05) is 45.3 Å². The molecule has 1 unspecified atom stereocenters. The molecule has 1 saturated heterocycles. The van der Waals surface area contributed by atoms with Crippen molar-refractivity contribution >= 4 is 11.7 Å². The number of nitrogens with one attached hydrogen (secondary N) is 1. The van der Waals surface area contributed by atoms with Crippen LogP contribution in [0.25, 0.3) is 0 Å². The van der Waals surface area contributed by atoms with Gasteiger partial charge in [0.25, 0.3) is 0 Å². The summed E-state index contributed by atoms with van der Waals surface area (Å²) >= 11 is 0. The molecule has 1 aliphatic heterocycles. The van der Waals surface area contributed by atoms with Gasteiger partial charge in [0.1, 0.15) is 11.6 Å². The topological polar surface area (TPSA) is 79.8 Å². The standard InChI is InChI=1S/C24H35N5O3/c1-16(2)23-26-17(3)13-22(27-23)29-11-9-28(10-12-29)18(4)24(30)25-15-19-7-8-20(31-5)21(14-19)32-6/h7-8,13-14,16,18H,9-12,15H2,1-6H3,(H,25,30). The van der Waals surface area contributed by atoms with Gasteiger partial charge >= 0.3 is 0 Å². The molecule has 3 rings (SSSR count). The summed E-state index contributed by atoms with van der Waals surface area (Å²) in [5, 5.41) is 3.04. The lowest BCUT2D eigenvalue weighted by Crippen LogP contribution is -2.54. The molecule has 0 bridgehead atoms. The first-order chi connectivity index (χ1) is 15.3. The van der Waals surface area contributed by atoms with Crippen molar-refractivity contribution in [3.8, 4) is 11.5 Å². The summed E-state index contributed by atoms with van der Waals surface area (Å²) in [4.78, 5) is 26.6. The summed E-state index contributed by atoms with van der Waals surface area (Å²) in [5.74, 6) is 3.51. The van der Waals surface area contributed by atoms with Gasteiger partial charge in [-0.3, -0.25) is 9.69 Å². The van der Waals surface area contributed by atoms with E-state index < -0.39 is 0 Å². The quantitative estimate of drug-likeness (QED) is 0.675. The average molecular weight is 442 g/mol. The van der Waals surface area contributed by atoms with Crippen LogP contribution < -0.4 is 19.7 Å². The van der Waals surface area contributed by atoms with E-state index in [1.54, 1.807) is 14.2 Å². The van der Waals surface area contributed by atoms with Gasteiger partial charge in [-0.15, -0.1) is 0 Å². The highest BCUT2D eigenvalue weighted by Gasteiger charge is 2.26. The lowest BCUT2D eigenvalue weighted by Gasteiger charge is -2.38. The lowest BCUT2D eigenvalue weighted by molar-refractivity contribution is -0.126. The number of amides is 1. The van der Waals surface area contributed by atoms with E-state index in [0.717, 1.165) is 49.1 Å². The Bertz CT molecular complexity index is 926. The third kappa shape index (κ3) is 5.68. The van der Waals surface area contributed by atoms with E-state index in [1.165, 1.54) is 0 Å². The zero-order valence-electron chi connectivity index (χ0n) is 20.0. The van der Waals surface area contributed by atoms with E-state index in [0.29, 0.717) is 24.0 Å². The maximum Gasteiger partial charge on any atom is 0.237 e.